The highest BCUT2D eigenvalue weighted by molar-refractivity contribution is 6.36. The third-order valence-electron chi connectivity index (χ3n) is 6.47. The Morgan fingerprint density at radius 3 is 2.23 bits per heavy atom. The van der Waals surface area contributed by atoms with E-state index in [0.29, 0.717) is 44.0 Å². The molecule has 3 aromatic rings. The van der Waals surface area contributed by atoms with Gasteiger partial charge >= 0.3 is 6.03 Å². The van der Waals surface area contributed by atoms with Gasteiger partial charge in [-0.15, -0.1) is 12.4 Å². The molecular weight excluding hydrogens is 575 g/mol. The molecule has 1 aliphatic rings. The Kier molecular flexibility index (Phi) is 10.1. The number of anilines is 2. The molecule has 3 aromatic carbocycles. The van der Waals surface area contributed by atoms with Crippen molar-refractivity contribution >= 4 is 70.3 Å². The molecule has 1 atom stereocenters. The summed E-state index contributed by atoms with van der Waals surface area (Å²) in [6, 6.07) is 18.6. The fourth-order valence-electron chi connectivity index (χ4n) is 4.32. The van der Waals surface area contributed by atoms with Gasteiger partial charge in [0.05, 0.1) is 12.2 Å². The number of fused-ring (bicyclic) bond motifs is 1. The van der Waals surface area contributed by atoms with E-state index in [1.54, 1.807) is 56.4 Å². The molecule has 1 aliphatic heterocycles. The number of carbonyl (C=O) groups excluding carboxylic acids is 3. The van der Waals surface area contributed by atoms with E-state index in [1.807, 2.05) is 24.3 Å². The molecule has 0 fully saturated rings. The summed E-state index contributed by atoms with van der Waals surface area (Å²) in [5.74, 6) is 0.0899. The predicted molar refractivity (Wildman–Crippen MR) is 161 cm³/mol. The van der Waals surface area contributed by atoms with Crippen molar-refractivity contribution in [2.75, 3.05) is 24.2 Å². The minimum absolute atomic E-state index is 0. The van der Waals surface area contributed by atoms with Crippen LogP contribution in [-0.2, 0) is 16.1 Å². The first-order valence-corrected chi connectivity index (χ1v) is 12.9. The standard InChI is InChI=1S/C29H28Cl2N4O4.ClH/c1-17(36)18-11-13-19(14-12-18)34-28(38)33-15-25(37)29(2)27(32-3)26(20-7-4-5-10-24(20)35-29)39-16-21-22(30)8-6-9-23(21)31;/h4-14,32,35H,15-16H2,1-3H3,(H2,33,34,38);1H. The molecular formula is C29H29Cl3N4O4. The second-order valence-corrected chi connectivity index (χ2v) is 9.92. The molecule has 1 unspecified atom stereocenters. The first kappa shape index (κ1) is 30.8. The number of rotatable bonds is 9. The minimum atomic E-state index is -1.25. The number of ether oxygens (including phenoxy) is 1. The molecule has 0 bridgehead atoms. The maximum absolute atomic E-state index is 13.6. The summed E-state index contributed by atoms with van der Waals surface area (Å²) in [7, 11) is 1.70. The summed E-state index contributed by atoms with van der Waals surface area (Å²) < 4.78 is 6.27. The summed E-state index contributed by atoms with van der Waals surface area (Å²) in [6.07, 6.45) is 0. The highest BCUT2D eigenvalue weighted by atomic mass is 35.5. The third-order valence-corrected chi connectivity index (χ3v) is 7.18. The number of likely N-dealkylation sites (N-methyl/N-ethyl adjacent to an activating group) is 1. The van der Waals surface area contributed by atoms with Gasteiger partial charge in [-0.1, -0.05) is 41.4 Å². The lowest BCUT2D eigenvalue weighted by Crippen LogP contribution is -2.54. The summed E-state index contributed by atoms with van der Waals surface area (Å²) in [4.78, 5) is 37.6. The van der Waals surface area contributed by atoms with Crippen LogP contribution < -0.4 is 21.3 Å². The molecule has 1 heterocycles. The Bertz CT molecular complexity index is 1440. The van der Waals surface area contributed by atoms with Gasteiger partial charge in [0, 0.05) is 45.2 Å². The van der Waals surface area contributed by atoms with Crippen LogP contribution in [0.15, 0.2) is 72.4 Å². The van der Waals surface area contributed by atoms with Crippen molar-refractivity contribution in [2.24, 2.45) is 0 Å². The number of benzene rings is 3. The second-order valence-electron chi connectivity index (χ2n) is 9.10. The zero-order valence-corrected chi connectivity index (χ0v) is 24.4. The molecule has 4 N–H and O–H groups in total. The summed E-state index contributed by atoms with van der Waals surface area (Å²) in [6.45, 7) is 3.01. The SMILES string of the molecule is CNC1=C(OCc2c(Cl)cccc2Cl)c2ccccc2NC1(C)C(=O)CNC(=O)Nc1ccc(C(C)=O)cc1.Cl. The number of Topliss-reactive ketones (excluding diaryl/α,β-unsaturated/α-hetero) is 2. The zero-order valence-electron chi connectivity index (χ0n) is 22.1. The van der Waals surface area contributed by atoms with Crippen molar-refractivity contribution < 1.29 is 19.1 Å². The Labute approximate surface area is 248 Å². The van der Waals surface area contributed by atoms with Crippen LogP contribution in [0.1, 0.15) is 35.3 Å². The summed E-state index contributed by atoms with van der Waals surface area (Å²) in [5, 5.41) is 12.7. The molecule has 0 aliphatic carbocycles. The fourth-order valence-corrected chi connectivity index (χ4v) is 4.83. The number of nitrogens with one attached hydrogen (secondary N) is 4. The molecule has 0 spiro atoms. The van der Waals surface area contributed by atoms with Crippen LogP contribution in [0.25, 0.3) is 5.76 Å². The van der Waals surface area contributed by atoms with Crippen molar-refractivity contribution in [3.63, 3.8) is 0 Å². The molecule has 0 aromatic heterocycles. The van der Waals surface area contributed by atoms with E-state index in [-0.39, 0.29) is 37.1 Å². The fraction of sp³-hybridized carbons (Fsp3) is 0.207. The molecule has 0 radical (unpaired) electrons. The maximum Gasteiger partial charge on any atom is 0.319 e. The van der Waals surface area contributed by atoms with Crippen LogP contribution in [0.2, 0.25) is 10.0 Å². The van der Waals surface area contributed by atoms with Gasteiger partial charge in [0.15, 0.2) is 17.3 Å². The molecule has 40 heavy (non-hydrogen) atoms. The first-order valence-electron chi connectivity index (χ1n) is 12.2. The smallest absolute Gasteiger partial charge is 0.319 e. The number of para-hydroxylation sites is 1. The van der Waals surface area contributed by atoms with E-state index in [2.05, 4.69) is 21.3 Å². The van der Waals surface area contributed by atoms with E-state index < -0.39 is 11.6 Å². The number of amides is 2. The molecule has 11 heteroatoms. The minimum Gasteiger partial charge on any atom is -0.486 e. The zero-order chi connectivity index (χ0) is 28.2. The van der Waals surface area contributed by atoms with Crippen molar-refractivity contribution in [3.05, 3.63) is 99.2 Å². The predicted octanol–water partition coefficient (Wildman–Crippen LogP) is 6.30. The van der Waals surface area contributed by atoms with E-state index in [1.165, 1.54) is 6.92 Å². The Morgan fingerprint density at radius 2 is 1.60 bits per heavy atom. The van der Waals surface area contributed by atoms with Gasteiger partial charge in [-0.3, -0.25) is 9.59 Å². The summed E-state index contributed by atoms with van der Waals surface area (Å²) in [5.41, 5.74) is 2.36. The van der Waals surface area contributed by atoms with Crippen molar-refractivity contribution in [3.8, 4) is 0 Å². The topological polar surface area (TPSA) is 109 Å². The summed E-state index contributed by atoms with van der Waals surface area (Å²) >= 11 is 12.7. The van der Waals surface area contributed by atoms with Crippen LogP contribution in [0.4, 0.5) is 16.2 Å². The third kappa shape index (κ3) is 6.53. The quantitative estimate of drug-likeness (QED) is 0.214. The van der Waals surface area contributed by atoms with E-state index in [9.17, 15) is 14.4 Å². The van der Waals surface area contributed by atoms with Crippen molar-refractivity contribution in [1.29, 1.82) is 0 Å². The van der Waals surface area contributed by atoms with Crippen molar-refractivity contribution in [1.82, 2.24) is 10.6 Å². The van der Waals surface area contributed by atoms with E-state index >= 15 is 0 Å². The van der Waals surface area contributed by atoms with Gasteiger partial charge < -0.3 is 26.0 Å². The number of ketones is 2. The van der Waals surface area contributed by atoms with Gasteiger partial charge in [-0.25, -0.2) is 4.79 Å². The van der Waals surface area contributed by atoms with Gasteiger partial charge in [-0.2, -0.15) is 0 Å². The van der Waals surface area contributed by atoms with Crippen molar-refractivity contribution in [2.45, 2.75) is 26.0 Å². The molecule has 8 nitrogen and oxygen atoms in total. The van der Waals surface area contributed by atoms with Gasteiger partial charge in [0.25, 0.3) is 0 Å². The van der Waals surface area contributed by atoms with E-state index in [0.717, 1.165) is 5.56 Å². The molecule has 0 saturated heterocycles. The molecule has 2 amide bonds. The first-order chi connectivity index (χ1) is 18.6. The number of hydrogen-bond acceptors (Lipinski definition) is 6. The second kappa shape index (κ2) is 13.1. The molecule has 0 saturated carbocycles. The van der Waals surface area contributed by atoms with Crippen LogP contribution in [0.5, 0.6) is 0 Å². The Balaban J connectivity index is 0.00000441. The number of halogens is 3. The molecule has 210 valence electrons. The lowest BCUT2D eigenvalue weighted by molar-refractivity contribution is -0.121. The number of urea groups is 1. The lowest BCUT2D eigenvalue weighted by atomic mass is 9.85. The normalized spacial score (nSPS) is 15.6. The number of hydrogen-bond donors (Lipinski definition) is 4. The van der Waals surface area contributed by atoms with Crippen LogP contribution >= 0.6 is 35.6 Å². The highest BCUT2D eigenvalue weighted by Crippen LogP contribution is 2.40. The van der Waals surface area contributed by atoms with Crippen LogP contribution in [0, 0.1) is 0 Å². The van der Waals surface area contributed by atoms with Gasteiger partial charge in [-0.05, 0) is 62.4 Å². The Hall–Kier alpha value is -3.72. The Morgan fingerprint density at radius 1 is 0.950 bits per heavy atom. The molecule has 4 rings (SSSR count). The monoisotopic (exact) mass is 602 g/mol. The highest BCUT2D eigenvalue weighted by Gasteiger charge is 2.43. The van der Waals surface area contributed by atoms with Gasteiger partial charge in [0.1, 0.15) is 12.1 Å². The lowest BCUT2D eigenvalue weighted by Gasteiger charge is -2.39. The average Bonchev–Trinajstić information content (AvgIpc) is 2.91. The average molecular weight is 604 g/mol. The largest absolute Gasteiger partial charge is 0.486 e. The van der Waals surface area contributed by atoms with Crippen LogP contribution in [-0.4, -0.2) is 36.7 Å². The number of carbonyl (C=O) groups is 3. The van der Waals surface area contributed by atoms with Crippen LogP contribution in [0.3, 0.4) is 0 Å². The maximum atomic E-state index is 13.6. The van der Waals surface area contributed by atoms with Gasteiger partial charge in [0.2, 0.25) is 0 Å². The van der Waals surface area contributed by atoms with E-state index in [4.69, 9.17) is 27.9 Å².